The van der Waals surface area contributed by atoms with Crippen LogP contribution in [0.15, 0.2) is 55.2 Å². The highest BCUT2D eigenvalue weighted by Gasteiger charge is 2.31. The average molecular weight is 598 g/mol. The summed E-state index contributed by atoms with van der Waals surface area (Å²) in [7, 11) is 1.72. The van der Waals surface area contributed by atoms with Gasteiger partial charge in [0.2, 0.25) is 5.88 Å². The van der Waals surface area contributed by atoms with E-state index in [1.165, 1.54) is 10.9 Å². The van der Waals surface area contributed by atoms with Crippen molar-refractivity contribution < 1.29 is 27.4 Å². The monoisotopic (exact) mass is 597 g/mol. The van der Waals surface area contributed by atoms with Crippen LogP contribution in [0.5, 0.6) is 5.88 Å². The van der Waals surface area contributed by atoms with Crippen LogP contribution in [0, 0.1) is 6.92 Å². The van der Waals surface area contributed by atoms with Gasteiger partial charge in [0.15, 0.2) is 0 Å². The maximum absolute atomic E-state index is 13.0. The molecule has 0 unspecified atom stereocenters. The maximum Gasteiger partial charge on any atom is 0.418 e. The van der Waals surface area contributed by atoms with Gasteiger partial charge in [-0.2, -0.15) is 13.2 Å². The number of piperazine rings is 1. The van der Waals surface area contributed by atoms with Crippen molar-refractivity contribution in [2.75, 3.05) is 56.7 Å². The van der Waals surface area contributed by atoms with Gasteiger partial charge in [0.25, 0.3) is 0 Å². The first-order valence-corrected chi connectivity index (χ1v) is 13.5. The number of carbonyl (C=O) groups excluding carboxylic acids is 1. The van der Waals surface area contributed by atoms with Crippen LogP contribution in [0.25, 0.3) is 16.9 Å². The third-order valence-corrected chi connectivity index (χ3v) is 6.89. The molecule has 1 amide bonds. The summed E-state index contributed by atoms with van der Waals surface area (Å²) in [5.41, 5.74) is 2.78. The smallest absolute Gasteiger partial charge is 0.391 e. The molecule has 0 aromatic carbocycles. The number of halogens is 3. The molecular formula is C28H30F3N9O3. The van der Waals surface area contributed by atoms with Gasteiger partial charge < -0.3 is 14.4 Å². The summed E-state index contributed by atoms with van der Waals surface area (Å²) < 4.78 is 50.5. The molecule has 0 bridgehead atoms. The number of nitrogens with zero attached hydrogens (tertiary/aromatic N) is 8. The first-order valence-electron chi connectivity index (χ1n) is 13.5. The fourth-order valence-corrected chi connectivity index (χ4v) is 4.62. The van der Waals surface area contributed by atoms with Gasteiger partial charge in [-0.3, -0.25) is 20.2 Å². The van der Waals surface area contributed by atoms with Crippen LogP contribution < -0.4 is 15.0 Å². The lowest BCUT2D eigenvalue weighted by molar-refractivity contribution is -0.137. The fourth-order valence-electron chi connectivity index (χ4n) is 4.62. The van der Waals surface area contributed by atoms with Crippen LogP contribution in [0.2, 0.25) is 0 Å². The first-order chi connectivity index (χ1) is 20.7. The van der Waals surface area contributed by atoms with Crippen LogP contribution in [-0.4, -0.2) is 87.4 Å². The number of pyridine rings is 3. The van der Waals surface area contributed by atoms with E-state index in [0.29, 0.717) is 23.1 Å². The van der Waals surface area contributed by atoms with Gasteiger partial charge >= 0.3 is 12.3 Å². The Balaban J connectivity index is 1.25. The number of rotatable bonds is 9. The fraction of sp³-hybridized carbons (Fsp3) is 0.357. The van der Waals surface area contributed by atoms with Crippen molar-refractivity contribution in [2.24, 2.45) is 0 Å². The molecule has 1 aliphatic rings. The number of hydrogen-bond acceptors (Lipinski definition) is 10. The van der Waals surface area contributed by atoms with E-state index in [-0.39, 0.29) is 5.69 Å². The second-order valence-corrected chi connectivity index (χ2v) is 9.88. The van der Waals surface area contributed by atoms with E-state index in [9.17, 15) is 18.0 Å². The molecule has 1 saturated heterocycles. The van der Waals surface area contributed by atoms with Crippen molar-refractivity contribution in [3.63, 3.8) is 0 Å². The largest absolute Gasteiger partial charge is 0.418 e. The first kappa shape index (κ1) is 29.8. The standard InChI is InChI=1S/C28H30F3N9O3/c1-19-25(14-22(16-34-19)35-27(41)43-26-13-21(4-5-33-26)28(29,30)31)40-18-24(36-37-40)20-12-23(17-32-15-20)39-9-7-38(8-10-39)6-3-11-42-2/h4-5,12-18H,3,6-11H2,1-2H3,(H,35,41). The van der Waals surface area contributed by atoms with Gasteiger partial charge in [0.1, 0.15) is 5.69 Å². The Morgan fingerprint density at radius 1 is 1.07 bits per heavy atom. The summed E-state index contributed by atoms with van der Waals surface area (Å²) in [6.45, 7) is 7.25. The Morgan fingerprint density at radius 2 is 1.88 bits per heavy atom. The van der Waals surface area contributed by atoms with Gasteiger partial charge in [-0.25, -0.2) is 14.5 Å². The van der Waals surface area contributed by atoms with Gasteiger partial charge in [-0.1, -0.05) is 5.21 Å². The van der Waals surface area contributed by atoms with Crippen molar-refractivity contribution in [3.05, 3.63) is 66.5 Å². The van der Waals surface area contributed by atoms with E-state index in [4.69, 9.17) is 9.47 Å². The Kier molecular flexibility index (Phi) is 9.11. The molecule has 1 fully saturated rings. The number of aromatic nitrogens is 6. The molecule has 4 aromatic heterocycles. The van der Waals surface area contributed by atoms with E-state index >= 15 is 0 Å². The SMILES string of the molecule is COCCCN1CCN(c2cncc(-c3cn(-c4cc(NC(=O)Oc5cc(C(F)(F)F)ccn5)cnc4C)nn3)c2)CC1. The molecule has 5 heterocycles. The van der Waals surface area contributed by atoms with Crippen LogP contribution in [0.4, 0.5) is 29.3 Å². The second-order valence-electron chi connectivity index (χ2n) is 9.88. The number of ether oxygens (including phenoxy) is 2. The zero-order valence-corrected chi connectivity index (χ0v) is 23.6. The van der Waals surface area contributed by atoms with E-state index < -0.39 is 23.7 Å². The third kappa shape index (κ3) is 7.61. The number of aryl methyl sites for hydroxylation is 1. The zero-order valence-electron chi connectivity index (χ0n) is 23.6. The van der Waals surface area contributed by atoms with E-state index in [1.54, 1.807) is 32.5 Å². The molecule has 1 aliphatic heterocycles. The number of methoxy groups -OCH3 is 1. The summed E-state index contributed by atoms with van der Waals surface area (Å²) >= 11 is 0. The molecule has 226 valence electrons. The summed E-state index contributed by atoms with van der Waals surface area (Å²) in [6, 6.07) is 5.06. The summed E-state index contributed by atoms with van der Waals surface area (Å²) in [6.07, 6.45) is 2.98. The van der Waals surface area contributed by atoms with Crippen molar-refractivity contribution >= 4 is 17.5 Å². The average Bonchev–Trinajstić information content (AvgIpc) is 3.49. The summed E-state index contributed by atoms with van der Waals surface area (Å²) in [4.78, 5) is 29.5. The van der Waals surface area contributed by atoms with Crippen LogP contribution in [0.1, 0.15) is 17.7 Å². The van der Waals surface area contributed by atoms with E-state index in [2.05, 4.69) is 40.4 Å². The lowest BCUT2D eigenvalue weighted by atomic mass is 10.2. The quantitative estimate of drug-likeness (QED) is 0.281. The number of amides is 1. The Hall–Kier alpha value is -4.63. The number of alkyl halides is 3. The van der Waals surface area contributed by atoms with E-state index in [0.717, 1.165) is 69.3 Å². The number of hydrogen-bond donors (Lipinski definition) is 1. The van der Waals surface area contributed by atoms with Gasteiger partial charge in [0, 0.05) is 70.5 Å². The van der Waals surface area contributed by atoms with Crippen molar-refractivity contribution in [3.8, 4) is 22.8 Å². The van der Waals surface area contributed by atoms with E-state index in [1.807, 2.05) is 12.3 Å². The molecule has 4 aromatic rings. The third-order valence-electron chi connectivity index (χ3n) is 6.89. The molecule has 1 N–H and O–H groups in total. The van der Waals surface area contributed by atoms with Crippen LogP contribution in [-0.2, 0) is 10.9 Å². The minimum absolute atomic E-state index is 0.236. The van der Waals surface area contributed by atoms with Crippen molar-refractivity contribution in [1.29, 1.82) is 0 Å². The number of carbonyl (C=O) groups is 1. The molecule has 5 rings (SSSR count). The lowest BCUT2D eigenvalue weighted by Crippen LogP contribution is -2.46. The Morgan fingerprint density at radius 3 is 2.65 bits per heavy atom. The minimum Gasteiger partial charge on any atom is -0.391 e. The minimum atomic E-state index is -4.60. The highest BCUT2D eigenvalue weighted by molar-refractivity contribution is 5.86. The van der Waals surface area contributed by atoms with Crippen molar-refractivity contribution in [2.45, 2.75) is 19.5 Å². The molecule has 43 heavy (non-hydrogen) atoms. The summed E-state index contributed by atoms with van der Waals surface area (Å²) in [5.74, 6) is -0.492. The van der Waals surface area contributed by atoms with Crippen LogP contribution in [0.3, 0.4) is 0 Å². The van der Waals surface area contributed by atoms with Gasteiger partial charge in [-0.05, 0) is 31.5 Å². The molecule has 0 saturated carbocycles. The Bertz CT molecular complexity index is 1560. The molecule has 0 aliphatic carbocycles. The summed E-state index contributed by atoms with van der Waals surface area (Å²) in [5, 5.41) is 11.0. The highest BCUT2D eigenvalue weighted by Crippen LogP contribution is 2.30. The topological polar surface area (TPSA) is 123 Å². The molecule has 0 spiro atoms. The molecular weight excluding hydrogens is 567 g/mol. The molecule has 12 nitrogen and oxygen atoms in total. The number of nitrogens with one attached hydrogen (secondary N) is 1. The molecule has 0 atom stereocenters. The van der Waals surface area contributed by atoms with Crippen LogP contribution >= 0.6 is 0 Å². The van der Waals surface area contributed by atoms with Gasteiger partial charge in [0.05, 0.1) is 46.9 Å². The maximum atomic E-state index is 13.0. The molecule has 0 radical (unpaired) electrons. The number of anilines is 2. The predicted octanol–water partition coefficient (Wildman–Crippen LogP) is 4.22. The predicted molar refractivity (Wildman–Crippen MR) is 151 cm³/mol. The highest BCUT2D eigenvalue weighted by atomic mass is 19.4. The zero-order chi connectivity index (χ0) is 30.4. The van der Waals surface area contributed by atoms with Crippen molar-refractivity contribution in [1.82, 2.24) is 34.8 Å². The lowest BCUT2D eigenvalue weighted by Gasteiger charge is -2.36. The second kappa shape index (κ2) is 13.1. The normalized spacial score (nSPS) is 14.1. The Labute approximate surface area is 245 Å². The van der Waals surface area contributed by atoms with Gasteiger partial charge in [-0.15, -0.1) is 5.10 Å². The molecule has 15 heteroatoms.